The van der Waals surface area contributed by atoms with Crippen LogP contribution >= 0.6 is 12.4 Å². The fourth-order valence-electron chi connectivity index (χ4n) is 3.47. The van der Waals surface area contributed by atoms with E-state index in [9.17, 15) is 9.90 Å². The third-order valence-electron chi connectivity index (χ3n) is 4.92. The van der Waals surface area contributed by atoms with Crippen LogP contribution in [0.25, 0.3) is 0 Å². The summed E-state index contributed by atoms with van der Waals surface area (Å²) in [5.41, 5.74) is -0.115. The zero-order valence-electron chi connectivity index (χ0n) is 13.5. The van der Waals surface area contributed by atoms with Crippen LogP contribution in [-0.4, -0.2) is 74.6 Å². The molecule has 0 bridgehead atoms. The molecule has 130 valence electrons. The predicted molar refractivity (Wildman–Crippen MR) is 86.3 cm³/mol. The number of hydrogen-bond acceptors (Lipinski definition) is 5. The number of aliphatic hydroxyl groups is 1. The SMILES string of the molecule is CCOC1CC(O)C12CCN(C(=O)CNCCOC)CC2.Cl. The summed E-state index contributed by atoms with van der Waals surface area (Å²) in [5, 5.41) is 13.2. The largest absolute Gasteiger partial charge is 0.392 e. The van der Waals surface area contributed by atoms with Crippen molar-refractivity contribution in [1.82, 2.24) is 10.2 Å². The zero-order chi connectivity index (χ0) is 15.3. The Morgan fingerprint density at radius 3 is 2.64 bits per heavy atom. The molecular weight excluding hydrogens is 308 g/mol. The molecule has 2 N–H and O–H groups in total. The number of amides is 1. The molecule has 2 unspecified atom stereocenters. The minimum Gasteiger partial charge on any atom is -0.392 e. The van der Waals surface area contributed by atoms with Crippen molar-refractivity contribution in [3.05, 3.63) is 0 Å². The van der Waals surface area contributed by atoms with Gasteiger partial charge in [0.25, 0.3) is 0 Å². The van der Waals surface area contributed by atoms with E-state index in [1.165, 1.54) is 0 Å². The summed E-state index contributed by atoms with van der Waals surface area (Å²) in [7, 11) is 1.65. The molecule has 1 heterocycles. The van der Waals surface area contributed by atoms with Gasteiger partial charge >= 0.3 is 0 Å². The second-order valence-corrected chi connectivity index (χ2v) is 5.98. The standard InChI is InChI=1S/C15H28N2O4.ClH/c1-3-21-13-10-12(18)15(13)4-7-17(8-5-15)14(19)11-16-6-9-20-2;/h12-13,16,18H,3-11H2,1-2H3;1H. The predicted octanol–water partition coefficient (Wildman–Crippen LogP) is 0.423. The number of carbonyl (C=O) groups is 1. The molecule has 0 aromatic rings. The van der Waals surface area contributed by atoms with Crippen molar-refractivity contribution in [3.63, 3.8) is 0 Å². The Morgan fingerprint density at radius 2 is 2.09 bits per heavy atom. The third-order valence-corrected chi connectivity index (χ3v) is 4.92. The number of likely N-dealkylation sites (tertiary alicyclic amines) is 1. The van der Waals surface area contributed by atoms with E-state index in [-0.39, 0.29) is 35.9 Å². The number of nitrogens with one attached hydrogen (secondary N) is 1. The number of aliphatic hydroxyl groups excluding tert-OH is 1. The molecule has 1 saturated heterocycles. The first-order chi connectivity index (χ1) is 10.1. The van der Waals surface area contributed by atoms with E-state index < -0.39 is 0 Å². The molecule has 7 heteroatoms. The number of methoxy groups -OCH3 is 1. The van der Waals surface area contributed by atoms with Gasteiger partial charge in [-0.15, -0.1) is 12.4 Å². The number of piperidine rings is 1. The highest BCUT2D eigenvalue weighted by molar-refractivity contribution is 5.85. The van der Waals surface area contributed by atoms with Crippen molar-refractivity contribution < 1.29 is 19.4 Å². The molecule has 1 spiro atoms. The van der Waals surface area contributed by atoms with Gasteiger partial charge in [-0.3, -0.25) is 4.79 Å². The first-order valence-corrected chi connectivity index (χ1v) is 7.91. The molecule has 22 heavy (non-hydrogen) atoms. The van der Waals surface area contributed by atoms with Gasteiger partial charge in [0.2, 0.25) is 5.91 Å². The second-order valence-electron chi connectivity index (χ2n) is 5.98. The summed E-state index contributed by atoms with van der Waals surface area (Å²) in [6.45, 7) is 5.75. The Labute approximate surface area is 138 Å². The molecule has 1 amide bonds. The van der Waals surface area contributed by atoms with Gasteiger partial charge in [-0.1, -0.05) is 0 Å². The number of halogens is 1. The molecule has 0 radical (unpaired) electrons. The number of carbonyl (C=O) groups excluding carboxylic acids is 1. The third kappa shape index (κ3) is 4.11. The van der Waals surface area contributed by atoms with E-state index in [1.807, 2.05) is 11.8 Å². The molecule has 1 aliphatic heterocycles. The van der Waals surface area contributed by atoms with E-state index in [4.69, 9.17) is 9.47 Å². The fourth-order valence-corrected chi connectivity index (χ4v) is 3.47. The number of rotatable bonds is 7. The maximum Gasteiger partial charge on any atom is 0.236 e. The maximum absolute atomic E-state index is 12.1. The molecule has 0 aromatic heterocycles. The van der Waals surface area contributed by atoms with Gasteiger partial charge in [-0.2, -0.15) is 0 Å². The molecular formula is C15H29ClN2O4. The van der Waals surface area contributed by atoms with Crippen LogP contribution in [0.4, 0.5) is 0 Å². The zero-order valence-corrected chi connectivity index (χ0v) is 14.4. The molecule has 2 atom stereocenters. The average molecular weight is 337 g/mol. The van der Waals surface area contributed by atoms with Gasteiger partial charge < -0.3 is 24.8 Å². The van der Waals surface area contributed by atoms with E-state index in [0.717, 1.165) is 19.3 Å². The van der Waals surface area contributed by atoms with Crippen LogP contribution in [0.15, 0.2) is 0 Å². The van der Waals surface area contributed by atoms with Crippen LogP contribution in [0.2, 0.25) is 0 Å². The highest BCUT2D eigenvalue weighted by Gasteiger charge is 2.56. The molecule has 2 aliphatic rings. The van der Waals surface area contributed by atoms with Crippen LogP contribution in [0.5, 0.6) is 0 Å². The lowest BCUT2D eigenvalue weighted by Crippen LogP contribution is -2.63. The summed E-state index contributed by atoms with van der Waals surface area (Å²) >= 11 is 0. The summed E-state index contributed by atoms with van der Waals surface area (Å²) in [6.07, 6.45) is 2.30. The summed E-state index contributed by atoms with van der Waals surface area (Å²) in [6, 6.07) is 0. The fraction of sp³-hybridized carbons (Fsp3) is 0.933. The smallest absolute Gasteiger partial charge is 0.236 e. The summed E-state index contributed by atoms with van der Waals surface area (Å²) in [5.74, 6) is 0.128. The minimum atomic E-state index is -0.272. The normalized spacial score (nSPS) is 26.4. The minimum absolute atomic E-state index is 0. The molecule has 1 aliphatic carbocycles. The maximum atomic E-state index is 12.1. The van der Waals surface area contributed by atoms with Crippen LogP contribution < -0.4 is 5.32 Å². The van der Waals surface area contributed by atoms with E-state index in [2.05, 4.69) is 5.32 Å². The highest BCUT2D eigenvalue weighted by Crippen LogP contribution is 2.50. The van der Waals surface area contributed by atoms with Gasteiger partial charge in [0, 0.05) is 45.2 Å². The Hall–Kier alpha value is -0.400. The van der Waals surface area contributed by atoms with E-state index in [0.29, 0.717) is 39.4 Å². The lowest BCUT2D eigenvalue weighted by atomic mass is 9.58. The van der Waals surface area contributed by atoms with Gasteiger partial charge in [0.15, 0.2) is 0 Å². The molecule has 1 saturated carbocycles. The van der Waals surface area contributed by atoms with Crippen LogP contribution in [-0.2, 0) is 14.3 Å². The topological polar surface area (TPSA) is 71.0 Å². The van der Waals surface area contributed by atoms with Gasteiger partial charge in [0.05, 0.1) is 25.4 Å². The average Bonchev–Trinajstić information content (AvgIpc) is 2.51. The van der Waals surface area contributed by atoms with Crippen LogP contribution in [0.3, 0.4) is 0 Å². The first kappa shape index (κ1) is 19.6. The summed E-state index contributed by atoms with van der Waals surface area (Å²) in [4.78, 5) is 14.0. The first-order valence-electron chi connectivity index (χ1n) is 7.91. The van der Waals surface area contributed by atoms with Crippen LogP contribution in [0, 0.1) is 5.41 Å². The second kappa shape index (κ2) is 9.03. The van der Waals surface area contributed by atoms with Crippen LogP contribution in [0.1, 0.15) is 26.2 Å². The summed E-state index contributed by atoms with van der Waals surface area (Å²) < 4.78 is 10.7. The quantitative estimate of drug-likeness (QED) is 0.659. The number of ether oxygens (including phenoxy) is 2. The van der Waals surface area contributed by atoms with Gasteiger partial charge in [-0.05, 0) is 19.8 Å². The molecule has 2 fully saturated rings. The van der Waals surface area contributed by atoms with Crippen molar-refractivity contribution in [1.29, 1.82) is 0 Å². The van der Waals surface area contributed by atoms with E-state index >= 15 is 0 Å². The Kier molecular flexibility index (Phi) is 8.07. The van der Waals surface area contributed by atoms with Gasteiger partial charge in [-0.25, -0.2) is 0 Å². The van der Waals surface area contributed by atoms with Crippen molar-refractivity contribution in [2.24, 2.45) is 5.41 Å². The lowest BCUT2D eigenvalue weighted by molar-refractivity contribution is -0.209. The number of hydrogen-bond donors (Lipinski definition) is 2. The number of nitrogens with zero attached hydrogens (tertiary/aromatic N) is 1. The monoisotopic (exact) mass is 336 g/mol. The highest BCUT2D eigenvalue weighted by atomic mass is 35.5. The molecule has 2 rings (SSSR count). The van der Waals surface area contributed by atoms with Crippen molar-refractivity contribution in [3.8, 4) is 0 Å². The Bertz CT molecular complexity index is 346. The van der Waals surface area contributed by atoms with Crippen molar-refractivity contribution in [2.45, 2.75) is 38.4 Å². The van der Waals surface area contributed by atoms with Gasteiger partial charge in [0.1, 0.15) is 0 Å². The Morgan fingerprint density at radius 1 is 1.41 bits per heavy atom. The van der Waals surface area contributed by atoms with Crippen molar-refractivity contribution >= 4 is 18.3 Å². The Balaban J connectivity index is 0.00000242. The molecule has 6 nitrogen and oxygen atoms in total. The lowest BCUT2D eigenvalue weighted by Gasteiger charge is -2.56. The van der Waals surface area contributed by atoms with E-state index in [1.54, 1.807) is 7.11 Å². The van der Waals surface area contributed by atoms with Crippen molar-refractivity contribution in [2.75, 3.05) is 46.5 Å². The molecule has 0 aromatic carbocycles.